The van der Waals surface area contributed by atoms with Gasteiger partial charge in [0.1, 0.15) is 17.2 Å². The van der Waals surface area contributed by atoms with Gasteiger partial charge in [-0.1, -0.05) is 18.2 Å². The van der Waals surface area contributed by atoms with Crippen LogP contribution in [0.3, 0.4) is 0 Å². The predicted molar refractivity (Wildman–Crippen MR) is 114 cm³/mol. The fourth-order valence-electron chi connectivity index (χ4n) is 3.03. The van der Waals surface area contributed by atoms with Crippen LogP contribution in [0.4, 0.5) is 26.5 Å². The number of methoxy groups -OCH3 is 1. The molecule has 0 saturated heterocycles. The van der Waals surface area contributed by atoms with Crippen LogP contribution >= 0.6 is 0 Å². The van der Waals surface area contributed by atoms with E-state index in [2.05, 4.69) is 24.8 Å². The number of rotatable bonds is 4. The number of halogens is 1. The number of fused-ring (bicyclic) bond motifs is 1. The van der Waals surface area contributed by atoms with E-state index in [4.69, 9.17) is 14.2 Å². The second-order valence-corrected chi connectivity index (χ2v) is 6.42. The van der Waals surface area contributed by atoms with Gasteiger partial charge in [0.05, 0.1) is 21.7 Å². The van der Waals surface area contributed by atoms with E-state index in [-0.39, 0.29) is 40.1 Å². The van der Waals surface area contributed by atoms with Crippen LogP contribution in [0.1, 0.15) is 8.30 Å². The Morgan fingerprint density at radius 1 is 1.23 bits per heavy atom. The Bertz CT molecular complexity index is 1350. The number of aromatic nitrogens is 5. The van der Waals surface area contributed by atoms with E-state index < -0.39 is 18.4 Å². The summed E-state index contributed by atoms with van der Waals surface area (Å²) < 4.78 is 37.2. The normalized spacial score (nSPS) is 12.4. The largest absolute Gasteiger partial charge is 0.452 e. The minimum absolute atomic E-state index is 0.0203. The van der Waals surface area contributed by atoms with Gasteiger partial charge in [-0.15, -0.1) is 0 Å². The number of carbonyl (C=O) groups excluding carboxylic acids is 1. The van der Waals surface area contributed by atoms with Crippen LogP contribution in [0.15, 0.2) is 42.6 Å². The molecule has 0 saturated carbocycles. The van der Waals surface area contributed by atoms with E-state index in [1.807, 2.05) is 0 Å². The molecule has 4 N–H and O–H groups in total. The maximum Gasteiger partial charge on any atom is 0.413 e. The Kier molecular flexibility index (Phi) is 4.45. The predicted octanol–water partition coefficient (Wildman–Crippen LogP) is 2.44. The van der Waals surface area contributed by atoms with Gasteiger partial charge in [0.2, 0.25) is 0 Å². The first kappa shape index (κ1) is 17.6. The number of nitrogens with zero attached hydrogens (tertiary/aromatic N) is 6. The highest BCUT2D eigenvalue weighted by Crippen LogP contribution is 2.32. The number of nitrogen functional groups attached to an aromatic ring is 2. The van der Waals surface area contributed by atoms with Crippen molar-refractivity contribution in [3.05, 3.63) is 54.0 Å². The molecule has 0 radical (unpaired) electrons. The number of ether oxygens (including phenoxy) is 1. The second-order valence-electron chi connectivity index (χ2n) is 6.42. The summed E-state index contributed by atoms with van der Waals surface area (Å²) in [4.78, 5) is 25.6. The van der Waals surface area contributed by atoms with E-state index in [9.17, 15) is 9.18 Å². The summed E-state index contributed by atoms with van der Waals surface area (Å²) in [6.45, 7) is -2.39. The van der Waals surface area contributed by atoms with Crippen molar-refractivity contribution in [1.82, 2.24) is 24.7 Å². The standard InChI is InChI=1S/C20H19FN8O2/c1-28(20(30)31-2)15-16(22)25-18(26-17(15)23)14-12-7-5-9-24-19(12)29(27-14)10-11-6-3-4-8-13(11)21/h3-9H,10H2,1-2H3,(H4,22,23,25,26)/i10D2. The molecule has 0 aliphatic carbocycles. The maximum absolute atomic E-state index is 14.4. The van der Waals surface area contributed by atoms with Gasteiger partial charge >= 0.3 is 6.09 Å². The number of hydrogen-bond acceptors (Lipinski definition) is 8. The molecule has 0 aliphatic heterocycles. The number of pyridine rings is 1. The summed E-state index contributed by atoms with van der Waals surface area (Å²) >= 11 is 0. The molecule has 0 fully saturated rings. The van der Waals surface area contributed by atoms with Gasteiger partial charge < -0.3 is 16.2 Å². The zero-order valence-corrected chi connectivity index (χ0v) is 16.6. The number of amides is 1. The summed E-state index contributed by atoms with van der Waals surface area (Å²) in [5, 5.41) is 4.72. The fourth-order valence-corrected chi connectivity index (χ4v) is 3.03. The van der Waals surface area contributed by atoms with Crippen LogP contribution < -0.4 is 16.4 Å². The minimum atomic E-state index is -2.39. The first-order valence-electron chi connectivity index (χ1n) is 10.0. The number of benzene rings is 1. The number of hydrogen-bond donors (Lipinski definition) is 2. The Labute approximate surface area is 179 Å². The van der Waals surface area contributed by atoms with Crippen LogP contribution in [0.5, 0.6) is 0 Å². The Balaban J connectivity index is 1.91. The van der Waals surface area contributed by atoms with E-state index >= 15 is 0 Å². The van der Waals surface area contributed by atoms with Crippen LogP contribution in [-0.4, -0.2) is 45.0 Å². The zero-order valence-electron chi connectivity index (χ0n) is 18.6. The average Bonchev–Trinajstić information content (AvgIpc) is 3.18. The topological polar surface area (TPSA) is 138 Å². The molecular weight excluding hydrogens is 403 g/mol. The fraction of sp³-hybridized carbons (Fsp3) is 0.150. The second kappa shape index (κ2) is 7.86. The molecule has 0 spiro atoms. The third-order valence-electron chi connectivity index (χ3n) is 4.48. The molecule has 4 aromatic rings. The average molecular weight is 424 g/mol. The van der Waals surface area contributed by atoms with Gasteiger partial charge in [-0.25, -0.2) is 28.8 Å². The molecule has 0 aliphatic rings. The summed E-state index contributed by atoms with van der Waals surface area (Å²) in [6, 6.07) is 8.75. The van der Waals surface area contributed by atoms with Crippen LogP contribution in [0.25, 0.3) is 22.6 Å². The molecule has 3 heterocycles. The highest BCUT2D eigenvalue weighted by molar-refractivity contribution is 5.96. The lowest BCUT2D eigenvalue weighted by Gasteiger charge is -2.18. The maximum atomic E-state index is 14.4. The van der Waals surface area contributed by atoms with Gasteiger partial charge in [0, 0.05) is 18.8 Å². The van der Waals surface area contributed by atoms with E-state index in [0.717, 1.165) is 15.6 Å². The summed E-state index contributed by atoms with van der Waals surface area (Å²) in [5.74, 6) is -0.986. The lowest BCUT2D eigenvalue weighted by molar-refractivity contribution is 0.180. The lowest BCUT2D eigenvalue weighted by atomic mass is 10.2. The highest BCUT2D eigenvalue weighted by Gasteiger charge is 2.23. The molecule has 3 aromatic heterocycles. The summed E-state index contributed by atoms with van der Waals surface area (Å²) in [5.41, 5.74) is 12.2. The molecule has 31 heavy (non-hydrogen) atoms. The monoisotopic (exact) mass is 424 g/mol. The van der Waals surface area contributed by atoms with Crippen molar-refractivity contribution in [3.63, 3.8) is 0 Å². The van der Waals surface area contributed by atoms with Crippen LogP contribution in [0.2, 0.25) is 0 Å². The van der Waals surface area contributed by atoms with Crippen molar-refractivity contribution in [2.45, 2.75) is 6.50 Å². The molecule has 11 heteroatoms. The first-order chi connectivity index (χ1) is 15.7. The molecule has 1 aromatic carbocycles. The summed E-state index contributed by atoms with van der Waals surface area (Å²) in [7, 11) is 2.60. The lowest BCUT2D eigenvalue weighted by Crippen LogP contribution is -2.28. The molecule has 0 unspecified atom stereocenters. The molecule has 10 nitrogen and oxygen atoms in total. The van der Waals surface area contributed by atoms with Gasteiger partial charge in [-0.2, -0.15) is 5.10 Å². The third-order valence-corrected chi connectivity index (χ3v) is 4.48. The van der Waals surface area contributed by atoms with Gasteiger partial charge in [0.15, 0.2) is 23.1 Å². The molecule has 0 bridgehead atoms. The smallest absolute Gasteiger partial charge is 0.413 e. The van der Waals surface area contributed by atoms with E-state index in [1.165, 1.54) is 38.6 Å². The third kappa shape index (κ3) is 3.56. The Morgan fingerprint density at radius 3 is 2.61 bits per heavy atom. The molecule has 0 atom stereocenters. The van der Waals surface area contributed by atoms with Crippen molar-refractivity contribution in [2.75, 3.05) is 30.5 Å². The van der Waals surface area contributed by atoms with E-state index in [0.29, 0.717) is 5.39 Å². The quantitative estimate of drug-likeness (QED) is 0.509. The zero-order chi connectivity index (χ0) is 23.9. The summed E-state index contributed by atoms with van der Waals surface area (Å²) in [6.07, 6.45) is 0.737. The Hall–Kier alpha value is -4.28. The van der Waals surface area contributed by atoms with Gasteiger partial charge in [0.25, 0.3) is 0 Å². The van der Waals surface area contributed by atoms with Crippen molar-refractivity contribution < 1.29 is 16.7 Å². The van der Waals surface area contributed by atoms with Gasteiger partial charge in [-0.05, 0) is 18.2 Å². The van der Waals surface area contributed by atoms with Crippen molar-refractivity contribution in [3.8, 4) is 11.5 Å². The molecule has 1 amide bonds. The Morgan fingerprint density at radius 2 is 1.94 bits per heavy atom. The number of anilines is 3. The SMILES string of the molecule is [2H]C([2H])(c1ccccc1F)n1nc(-c2nc(N)c(N(C)C(=O)OC)c(N)n2)c2cccnc21. The van der Waals surface area contributed by atoms with Crippen LogP contribution in [-0.2, 0) is 11.2 Å². The highest BCUT2D eigenvalue weighted by atomic mass is 19.1. The molecular formula is C20H19FN8O2. The van der Waals surface area contributed by atoms with Crippen molar-refractivity contribution in [2.24, 2.45) is 0 Å². The van der Waals surface area contributed by atoms with Crippen molar-refractivity contribution in [1.29, 1.82) is 0 Å². The van der Waals surface area contributed by atoms with E-state index in [1.54, 1.807) is 12.1 Å². The number of nitrogens with two attached hydrogens (primary N) is 2. The molecule has 158 valence electrons. The van der Waals surface area contributed by atoms with Crippen LogP contribution in [0, 0.1) is 5.82 Å². The van der Waals surface area contributed by atoms with Gasteiger partial charge in [-0.3, -0.25) is 4.90 Å². The van der Waals surface area contributed by atoms with Crippen molar-refractivity contribution >= 4 is 34.4 Å². The first-order valence-corrected chi connectivity index (χ1v) is 9.01. The number of carbonyl (C=O) groups is 1. The minimum Gasteiger partial charge on any atom is -0.452 e. The molecule has 4 rings (SSSR count).